The SMILES string of the molecule is CN1C=CN(C)C1.O=C(O)C(=O)O. The van der Waals surface area contributed by atoms with E-state index in [1.165, 1.54) is 0 Å². The molecule has 0 radical (unpaired) electrons. The molecule has 0 saturated heterocycles. The zero-order valence-corrected chi connectivity index (χ0v) is 7.47. The average molecular weight is 188 g/mol. The van der Waals surface area contributed by atoms with Crippen molar-refractivity contribution in [1.82, 2.24) is 9.80 Å². The summed E-state index contributed by atoms with van der Waals surface area (Å²) in [5.74, 6) is -3.65. The van der Waals surface area contributed by atoms with Crippen LogP contribution >= 0.6 is 0 Å². The van der Waals surface area contributed by atoms with Gasteiger partial charge in [-0.3, -0.25) is 0 Å². The van der Waals surface area contributed by atoms with Gasteiger partial charge in [0.1, 0.15) is 0 Å². The lowest BCUT2D eigenvalue weighted by atomic mass is 10.7. The Morgan fingerprint density at radius 3 is 1.46 bits per heavy atom. The van der Waals surface area contributed by atoms with Crippen LogP contribution in [-0.4, -0.2) is 52.7 Å². The normalized spacial score (nSPS) is 13.7. The zero-order chi connectivity index (χ0) is 10.4. The maximum atomic E-state index is 9.10. The van der Waals surface area contributed by atoms with Gasteiger partial charge >= 0.3 is 11.9 Å². The van der Waals surface area contributed by atoms with E-state index in [2.05, 4.69) is 36.3 Å². The molecule has 0 fully saturated rings. The van der Waals surface area contributed by atoms with Gasteiger partial charge in [0.15, 0.2) is 0 Å². The first-order chi connectivity index (χ1) is 5.93. The Labute approximate surface area is 75.7 Å². The summed E-state index contributed by atoms with van der Waals surface area (Å²) in [6, 6.07) is 0. The summed E-state index contributed by atoms with van der Waals surface area (Å²) in [5, 5.41) is 14.8. The highest BCUT2D eigenvalue weighted by atomic mass is 16.4. The van der Waals surface area contributed by atoms with E-state index >= 15 is 0 Å². The van der Waals surface area contributed by atoms with E-state index in [0.717, 1.165) is 6.67 Å². The van der Waals surface area contributed by atoms with Crippen LogP contribution in [0.3, 0.4) is 0 Å². The highest BCUT2D eigenvalue weighted by molar-refractivity contribution is 6.27. The number of hydrogen-bond donors (Lipinski definition) is 2. The van der Waals surface area contributed by atoms with Crippen LogP contribution in [0, 0.1) is 0 Å². The molecule has 1 aliphatic rings. The lowest BCUT2D eigenvalue weighted by molar-refractivity contribution is -0.159. The van der Waals surface area contributed by atoms with Crippen molar-refractivity contribution in [3.05, 3.63) is 12.4 Å². The molecule has 6 heteroatoms. The second-order valence-corrected chi connectivity index (χ2v) is 2.56. The molecule has 0 saturated carbocycles. The molecule has 0 bridgehead atoms. The van der Waals surface area contributed by atoms with Crippen molar-refractivity contribution in [2.45, 2.75) is 0 Å². The van der Waals surface area contributed by atoms with E-state index in [9.17, 15) is 0 Å². The Balaban J connectivity index is 0.000000226. The van der Waals surface area contributed by atoms with Crippen LogP contribution in [0.2, 0.25) is 0 Å². The Hall–Kier alpha value is -1.72. The van der Waals surface area contributed by atoms with Gasteiger partial charge in [0.2, 0.25) is 0 Å². The predicted octanol–water partition coefficient (Wildman–Crippen LogP) is -0.552. The van der Waals surface area contributed by atoms with Gasteiger partial charge in [0.25, 0.3) is 0 Å². The highest BCUT2D eigenvalue weighted by Gasteiger charge is 2.04. The summed E-state index contributed by atoms with van der Waals surface area (Å²) in [6.07, 6.45) is 4.11. The fourth-order valence-electron chi connectivity index (χ4n) is 0.674. The number of nitrogens with zero attached hydrogens (tertiary/aromatic N) is 2. The second kappa shape index (κ2) is 5.02. The van der Waals surface area contributed by atoms with Gasteiger partial charge in [-0.1, -0.05) is 0 Å². The van der Waals surface area contributed by atoms with Gasteiger partial charge in [-0.25, -0.2) is 9.59 Å². The number of carboxylic acids is 2. The largest absolute Gasteiger partial charge is 0.473 e. The van der Waals surface area contributed by atoms with Crippen molar-refractivity contribution in [1.29, 1.82) is 0 Å². The van der Waals surface area contributed by atoms with Crippen LogP contribution in [0.25, 0.3) is 0 Å². The van der Waals surface area contributed by atoms with Gasteiger partial charge in [0.05, 0.1) is 6.67 Å². The van der Waals surface area contributed by atoms with Crippen LogP contribution in [0.5, 0.6) is 0 Å². The van der Waals surface area contributed by atoms with Crippen molar-refractivity contribution in [3.63, 3.8) is 0 Å². The number of hydrogen-bond acceptors (Lipinski definition) is 4. The third-order valence-corrected chi connectivity index (χ3v) is 1.20. The zero-order valence-electron chi connectivity index (χ0n) is 7.47. The van der Waals surface area contributed by atoms with E-state index in [4.69, 9.17) is 19.8 Å². The first-order valence-electron chi connectivity index (χ1n) is 3.48. The Kier molecular flexibility index (Phi) is 4.36. The fourth-order valence-corrected chi connectivity index (χ4v) is 0.674. The molecule has 2 N–H and O–H groups in total. The molecule has 0 aromatic rings. The molecule has 0 spiro atoms. The minimum absolute atomic E-state index is 1.03. The minimum Gasteiger partial charge on any atom is -0.473 e. The van der Waals surface area contributed by atoms with Crippen LogP contribution in [0.15, 0.2) is 12.4 Å². The smallest absolute Gasteiger partial charge is 0.414 e. The summed E-state index contributed by atoms with van der Waals surface area (Å²) in [7, 11) is 4.11. The quantitative estimate of drug-likeness (QED) is 0.496. The van der Waals surface area contributed by atoms with E-state index in [1.807, 2.05) is 0 Å². The number of rotatable bonds is 0. The fraction of sp³-hybridized carbons (Fsp3) is 0.429. The Bertz CT molecular complexity index is 205. The molecule has 74 valence electrons. The van der Waals surface area contributed by atoms with Crippen molar-refractivity contribution >= 4 is 11.9 Å². The monoisotopic (exact) mass is 188 g/mol. The summed E-state index contributed by atoms with van der Waals surface area (Å²) in [4.78, 5) is 22.4. The first kappa shape index (κ1) is 11.3. The van der Waals surface area contributed by atoms with Gasteiger partial charge in [-0.15, -0.1) is 0 Å². The summed E-state index contributed by atoms with van der Waals surface area (Å²) < 4.78 is 0. The maximum absolute atomic E-state index is 9.10. The van der Waals surface area contributed by atoms with E-state index in [0.29, 0.717) is 0 Å². The van der Waals surface area contributed by atoms with E-state index in [-0.39, 0.29) is 0 Å². The molecule has 1 aliphatic heterocycles. The van der Waals surface area contributed by atoms with Crippen LogP contribution < -0.4 is 0 Å². The molecule has 6 nitrogen and oxygen atoms in total. The lowest BCUT2D eigenvalue weighted by Gasteiger charge is -2.10. The molecular weight excluding hydrogens is 176 g/mol. The van der Waals surface area contributed by atoms with Crippen LogP contribution in [0.1, 0.15) is 0 Å². The number of aliphatic carboxylic acids is 2. The lowest BCUT2D eigenvalue weighted by Crippen LogP contribution is -2.17. The molecular formula is C7H12N2O4. The van der Waals surface area contributed by atoms with Gasteiger partial charge in [-0.2, -0.15) is 0 Å². The molecule has 0 aromatic carbocycles. The molecule has 0 aromatic heterocycles. The number of carboxylic acid groups (broad SMARTS) is 2. The third kappa shape index (κ3) is 5.54. The Morgan fingerprint density at radius 1 is 1.08 bits per heavy atom. The molecule has 1 rings (SSSR count). The van der Waals surface area contributed by atoms with Gasteiger partial charge < -0.3 is 20.0 Å². The summed E-state index contributed by atoms with van der Waals surface area (Å²) in [6.45, 7) is 1.03. The van der Waals surface area contributed by atoms with Crippen molar-refractivity contribution in [3.8, 4) is 0 Å². The summed E-state index contributed by atoms with van der Waals surface area (Å²) in [5.41, 5.74) is 0. The predicted molar refractivity (Wildman–Crippen MR) is 44.8 cm³/mol. The van der Waals surface area contributed by atoms with Crippen LogP contribution in [0.4, 0.5) is 0 Å². The molecule has 0 unspecified atom stereocenters. The van der Waals surface area contributed by atoms with E-state index < -0.39 is 11.9 Å². The van der Waals surface area contributed by atoms with Crippen LogP contribution in [-0.2, 0) is 9.59 Å². The summed E-state index contributed by atoms with van der Waals surface area (Å²) >= 11 is 0. The van der Waals surface area contributed by atoms with Crippen molar-refractivity contribution < 1.29 is 19.8 Å². The number of carbonyl (C=O) groups is 2. The standard InChI is InChI=1S/C5H10N2.C2H2O4/c1-6-3-4-7(2)5-6;3-1(4)2(5)6/h3-4H,5H2,1-2H3;(H,3,4)(H,5,6). The first-order valence-corrected chi connectivity index (χ1v) is 3.48. The van der Waals surface area contributed by atoms with Gasteiger partial charge in [-0.05, 0) is 0 Å². The Morgan fingerprint density at radius 2 is 1.38 bits per heavy atom. The van der Waals surface area contributed by atoms with Crippen molar-refractivity contribution in [2.24, 2.45) is 0 Å². The van der Waals surface area contributed by atoms with Crippen molar-refractivity contribution in [2.75, 3.05) is 20.8 Å². The van der Waals surface area contributed by atoms with Gasteiger partial charge in [0, 0.05) is 26.5 Å². The third-order valence-electron chi connectivity index (χ3n) is 1.20. The average Bonchev–Trinajstić information content (AvgIpc) is 2.35. The second-order valence-electron chi connectivity index (χ2n) is 2.56. The highest BCUT2D eigenvalue weighted by Crippen LogP contribution is 1.97. The topological polar surface area (TPSA) is 81.1 Å². The maximum Gasteiger partial charge on any atom is 0.414 e. The molecule has 13 heavy (non-hydrogen) atoms. The molecule has 1 heterocycles. The molecule has 0 aliphatic carbocycles. The molecule has 0 atom stereocenters. The van der Waals surface area contributed by atoms with E-state index in [1.54, 1.807) is 0 Å². The minimum atomic E-state index is -1.82. The molecule has 0 amide bonds.